The number of ether oxygens (including phenoxy) is 1. The van der Waals surface area contributed by atoms with Crippen molar-refractivity contribution in [3.63, 3.8) is 0 Å². The SMILES string of the molecule is CC(C)CC1NCCc2ccc(OC(F)(F)F)cc21. The van der Waals surface area contributed by atoms with E-state index in [-0.39, 0.29) is 11.8 Å². The van der Waals surface area contributed by atoms with Crippen molar-refractivity contribution in [1.82, 2.24) is 5.32 Å². The molecule has 106 valence electrons. The van der Waals surface area contributed by atoms with E-state index in [0.717, 1.165) is 30.5 Å². The fourth-order valence-electron chi connectivity index (χ4n) is 2.49. The number of fused-ring (bicyclic) bond motifs is 1. The molecule has 1 aromatic carbocycles. The molecule has 1 atom stereocenters. The summed E-state index contributed by atoms with van der Waals surface area (Å²) < 4.78 is 40.7. The Balaban J connectivity index is 2.25. The first-order valence-corrected chi connectivity index (χ1v) is 6.47. The van der Waals surface area contributed by atoms with E-state index in [1.54, 1.807) is 6.07 Å². The predicted molar refractivity (Wildman–Crippen MR) is 67.0 cm³/mol. The van der Waals surface area contributed by atoms with Crippen molar-refractivity contribution in [2.24, 2.45) is 5.92 Å². The summed E-state index contributed by atoms with van der Waals surface area (Å²) in [6.07, 6.45) is -2.89. The van der Waals surface area contributed by atoms with Crippen molar-refractivity contribution in [2.75, 3.05) is 6.54 Å². The molecule has 0 saturated heterocycles. The minimum Gasteiger partial charge on any atom is -0.406 e. The minimum absolute atomic E-state index is 0.112. The van der Waals surface area contributed by atoms with Crippen molar-refractivity contribution in [2.45, 2.75) is 39.1 Å². The largest absolute Gasteiger partial charge is 0.573 e. The maximum absolute atomic E-state index is 12.2. The first-order chi connectivity index (χ1) is 8.85. The molecule has 0 fully saturated rings. The van der Waals surface area contributed by atoms with E-state index < -0.39 is 6.36 Å². The van der Waals surface area contributed by atoms with Crippen LogP contribution in [0.1, 0.15) is 37.4 Å². The Hall–Kier alpha value is -1.23. The van der Waals surface area contributed by atoms with Gasteiger partial charge in [-0.05, 0) is 48.6 Å². The molecule has 1 heterocycles. The first kappa shape index (κ1) is 14.2. The van der Waals surface area contributed by atoms with Gasteiger partial charge in [0.05, 0.1) is 0 Å². The van der Waals surface area contributed by atoms with Crippen LogP contribution >= 0.6 is 0 Å². The Bertz CT molecular complexity index is 443. The number of rotatable bonds is 3. The standard InChI is InChI=1S/C14H18F3NO/c1-9(2)7-13-12-8-11(19-14(15,16)17)4-3-10(12)5-6-18-13/h3-4,8-9,13,18H,5-7H2,1-2H3. The van der Waals surface area contributed by atoms with E-state index in [1.165, 1.54) is 12.1 Å². The lowest BCUT2D eigenvalue weighted by Gasteiger charge is -2.28. The number of alkyl halides is 3. The van der Waals surface area contributed by atoms with Crippen LogP contribution in [0.4, 0.5) is 13.2 Å². The summed E-state index contributed by atoms with van der Waals surface area (Å²) in [6.45, 7) is 5.07. The van der Waals surface area contributed by atoms with Gasteiger partial charge >= 0.3 is 6.36 Å². The van der Waals surface area contributed by atoms with E-state index in [4.69, 9.17) is 0 Å². The Labute approximate surface area is 111 Å². The molecule has 0 amide bonds. The van der Waals surface area contributed by atoms with Crippen LogP contribution in [0, 0.1) is 5.92 Å². The first-order valence-electron chi connectivity index (χ1n) is 6.47. The molecular weight excluding hydrogens is 255 g/mol. The smallest absolute Gasteiger partial charge is 0.406 e. The van der Waals surface area contributed by atoms with Crippen LogP contribution in [-0.4, -0.2) is 12.9 Å². The van der Waals surface area contributed by atoms with Gasteiger partial charge in [-0.1, -0.05) is 19.9 Å². The van der Waals surface area contributed by atoms with Gasteiger partial charge in [-0.25, -0.2) is 0 Å². The van der Waals surface area contributed by atoms with Crippen LogP contribution in [0.5, 0.6) is 5.75 Å². The van der Waals surface area contributed by atoms with Crippen LogP contribution in [0.15, 0.2) is 18.2 Å². The molecule has 0 spiro atoms. The summed E-state index contributed by atoms with van der Waals surface area (Å²) in [7, 11) is 0. The number of hydrogen-bond acceptors (Lipinski definition) is 2. The molecule has 1 aliphatic heterocycles. The van der Waals surface area contributed by atoms with E-state index in [2.05, 4.69) is 23.9 Å². The molecule has 1 aliphatic rings. The van der Waals surface area contributed by atoms with Crippen LogP contribution in [-0.2, 0) is 6.42 Å². The molecule has 1 N–H and O–H groups in total. The molecule has 5 heteroatoms. The van der Waals surface area contributed by atoms with Gasteiger partial charge in [-0.15, -0.1) is 13.2 Å². The highest BCUT2D eigenvalue weighted by Crippen LogP contribution is 2.32. The molecule has 19 heavy (non-hydrogen) atoms. The fourth-order valence-corrected chi connectivity index (χ4v) is 2.49. The van der Waals surface area contributed by atoms with Crippen LogP contribution in [0.25, 0.3) is 0 Å². The third-order valence-electron chi connectivity index (χ3n) is 3.22. The van der Waals surface area contributed by atoms with Gasteiger partial charge in [0.1, 0.15) is 5.75 Å². The average molecular weight is 273 g/mol. The highest BCUT2D eigenvalue weighted by atomic mass is 19.4. The molecule has 2 nitrogen and oxygen atoms in total. The Kier molecular flexibility index (Phi) is 4.04. The molecule has 1 unspecified atom stereocenters. The molecule has 0 saturated carbocycles. The molecule has 0 aromatic heterocycles. The Morgan fingerprint density at radius 3 is 2.74 bits per heavy atom. The molecule has 2 rings (SSSR count). The summed E-state index contributed by atoms with van der Waals surface area (Å²) in [5, 5.41) is 3.36. The molecule has 0 radical (unpaired) electrons. The van der Waals surface area contributed by atoms with Crippen LogP contribution < -0.4 is 10.1 Å². The summed E-state index contributed by atoms with van der Waals surface area (Å²) >= 11 is 0. The third-order valence-corrected chi connectivity index (χ3v) is 3.22. The maximum atomic E-state index is 12.2. The second-order valence-corrected chi connectivity index (χ2v) is 5.29. The van der Waals surface area contributed by atoms with Gasteiger partial charge in [-0.3, -0.25) is 0 Å². The fraction of sp³-hybridized carbons (Fsp3) is 0.571. The zero-order valence-electron chi connectivity index (χ0n) is 11.1. The zero-order valence-corrected chi connectivity index (χ0v) is 11.1. The number of halogens is 3. The van der Waals surface area contributed by atoms with Gasteiger partial charge < -0.3 is 10.1 Å². The van der Waals surface area contributed by atoms with Gasteiger partial charge in [0, 0.05) is 6.04 Å². The predicted octanol–water partition coefficient (Wildman–Crippen LogP) is 3.82. The lowest BCUT2D eigenvalue weighted by atomic mass is 9.89. The highest BCUT2D eigenvalue weighted by molar-refractivity contribution is 5.39. The van der Waals surface area contributed by atoms with E-state index in [9.17, 15) is 13.2 Å². The van der Waals surface area contributed by atoms with Crippen molar-refractivity contribution in [3.05, 3.63) is 29.3 Å². The van der Waals surface area contributed by atoms with Crippen molar-refractivity contribution in [3.8, 4) is 5.75 Å². The van der Waals surface area contributed by atoms with Gasteiger partial charge in [0.15, 0.2) is 0 Å². The summed E-state index contributed by atoms with van der Waals surface area (Å²) in [4.78, 5) is 0. The normalized spacial score (nSPS) is 19.4. The number of benzene rings is 1. The number of nitrogens with one attached hydrogen (secondary N) is 1. The summed E-state index contributed by atoms with van der Waals surface area (Å²) in [5.74, 6) is 0.347. The average Bonchev–Trinajstić information content (AvgIpc) is 2.27. The summed E-state index contributed by atoms with van der Waals surface area (Å²) in [5.41, 5.74) is 2.04. The topological polar surface area (TPSA) is 21.3 Å². The Morgan fingerprint density at radius 1 is 1.37 bits per heavy atom. The van der Waals surface area contributed by atoms with Crippen molar-refractivity contribution < 1.29 is 17.9 Å². The molecule has 0 bridgehead atoms. The quantitative estimate of drug-likeness (QED) is 0.904. The van der Waals surface area contributed by atoms with E-state index in [0.29, 0.717) is 5.92 Å². The van der Waals surface area contributed by atoms with E-state index in [1.807, 2.05) is 0 Å². The highest BCUT2D eigenvalue weighted by Gasteiger charge is 2.32. The third kappa shape index (κ3) is 3.86. The number of hydrogen-bond donors (Lipinski definition) is 1. The van der Waals surface area contributed by atoms with Gasteiger partial charge in [-0.2, -0.15) is 0 Å². The summed E-state index contributed by atoms with van der Waals surface area (Å²) in [6, 6.07) is 4.76. The minimum atomic E-state index is -4.64. The molecule has 1 aromatic rings. The molecular formula is C14H18F3NO. The lowest BCUT2D eigenvalue weighted by molar-refractivity contribution is -0.274. The van der Waals surface area contributed by atoms with Gasteiger partial charge in [0.2, 0.25) is 0 Å². The van der Waals surface area contributed by atoms with Gasteiger partial charge in [0.25, 0.3) is 0 Å². The Morgan fingerprint density at radius 2 is 2.11 bits per heavy atom. The van der Waals surface area contributed by atoms with Crippen molar-refractivity contribution >= 4 is 0 Å². The second-order valence-electron chi connectivity index (χ2n) is 5.29. The van der Waals surface area contributed by atoms with Crippen LogP contribution in [0.3, 0.4) is 0 Å². The van der Waals surface area contributed by atoms with Crippen LogP contribution in [0.2, 0.25) is 0 Å². The van der Waals surface area contributed by atoms with Crippen molar-refractivity contribution in [1.29, 1.82) is 0 Å². The zero-order chi connectivity index (χ0) is 14.0. The molecule has 0 aliphatic carbocycles. The second kappa shape index (κ2) is 5.41. The maximum Gasteiger partial charge on any atom is 0.573 e. The monoisotopic (exact) mass is 273 g/mol. The lowest BCUT2D eigenvalue weighted by Crippen LogP contribution is -2.31. The van der Waals surface area contributed by atoms with E-state index >= 15 is 0 Å².